The Hall–Kier alpha value is -3.56. The summed E-state index contributed by atoms with van der Waals surface area (Å²) >= 11 is 7.25. The summed E-state index contributed by atoms with van der Waals surface area (Å²) in [4.78, 5) is 45.4. The first-order valence-electron chi connectivity index (χ1n) is 9.36. The minimum Gasteiger partial charge on any atom is -0.383 e. The molecule has 2 aromatic heterocycles. The van der Waals surface area contributed by atoms with E-state index in [0.29, 0.717) is 21.0 Å². The molecule has 4 N–H and O–H groups in total. The van der Waals surface area contributed by atoms with Crippen molar-refractivity contribution in [1.29, 1.82) is 0 Å². The number of fused-ring (bicyclic) bond motifs is 1. The molecule has 0 aliphatic heterocycles. The average molecular weight is 470 g/mol. The zero-order valence-corrected chi connectivity index (χ0v) is 18.8. The van der Waals surface area contributed by atoms with Gasteiger partial charge in [0.25, 0.3) is 11.1 Å². The Labute approximate surface area is 192 Å². The highest BCUT2D eigenvalue weighted by Gasteiger charge is 2.17. The number of anilines is 1. The molecule has 4 rings (SSSR count). The number of nitrogens with one attached hydrogen (secondary N) is 2. The van der Waals surface area contributed by atoms with Crippen molar-refractivity contribution in [2.75, 3.05) is 19.8 Å². The number of H-pyrrole nitrogens is 2. The number of nitrogens with zero attached hydrogens (tertiary/aromatic N) is 2. The van der Waals surface area contributed by atoms with Crippen LogP contribution in [-0.2, 0) is 4.79 Å². The van der Waals surface area contributed by atoms with Gasteiger partial charge in [-0.2, -0.15) is 0 Å². The maximum absolute atomic E-state index is 12.8. The number of hydrogen-bond acceptors (Lipinski definition) is 6. The van der Waals surface area contributed by atoms with E-state index >= 15 is 0 Å². The molecule has 0 saturated heterocycles. The van der Waals surface area contributed by atoms with Crippen molar-refractivity contribution in [2.24, 2.45) is 0 Å². The average Bonchev–Trinajstić information content (AvgIpc) is 2.75. The Morgan fingerprint density at radius 3 is 2.38 bits per heavy atom. The van der Waals surface area contributed by atoms with Crippen LogP contribution in [0.15, 0.2) is 74.2 Å². The minimum absolute atomic E-state index is 0.0859. The summed E-state index contributed by atoms with van der Waals surface area (Å²) in [5, 5.41) is 1.59. The van der Waals surface area contributed by atoms with Crippen LogP contribution in [-0.4, -0.2) is 40.4 Å². The van der Waals surface area contributed by atoms with Gasteiger partial charge in [-0.1, -0.05) is 41.9 Å². The van der Waals surface area contributed by atoms with Gasteiger partial charge >= 0.3 is 0 Å². The minimum atomic E-state index is -0.383. The van der Waals surface area contributed by atoms with Crippen LogP contribution in [0.1, 0.15) is 0 Å². The zero-order chi connectivity index (χ0) is 23.3. The molecule has 2 aromatic carbocycles. The lowest BCUT2D eigenvalue weighted by molar-refractivity contribution is -0.115. The molecule has 0 spiro atoms. The number of carbonyl (C=O) groups excluding carboxylic acids is 1. The molecule has 0 unspecified atom stereocenters. The summed E-state index contributed by atoms with van der Waals surface area (Å²) in [6.07, 6.45) is 0.750. The third-order valence-corrected chi connectivity index (χ3v) is 5.36. The van der Waals surface area contributed by atoms with Crippen molar-refractivity contribution >= 4 is 46.5 Å². The fraction of sp³-hybridized carbons (Fsp3) is 0.0909. The van der Waals surface area contributed by atoms with Gasteiger partial charge in [0.1, 0.15) is 5.82 Å². The lowest BCUT2D eigenvalue weighted by atomic mass is 10.0. The number of nitrogen functional groups attached to an aromatic ring is 1. The first kappa shape index (κ1) is 23.1. The third-order valence-electron chi connectivity index (χ3n) is 4.14. The fourth-order valence-corrected chi connectivity index (χ4v) is 3.98. The first-order chi connectivity index (χ1) is 15.3. The van der Waals surface area contributed by atoms with E-state index in [9.17, 15) is 14.4 Å². The number of carbonyl (C=O) groups is 1. The third kappa shape index (κ3) is 5.57. The molecule has 10 heteroatoms. The molecule has 2 heterocycles. The second-order valence-electron chi connectivity index (χ2n) is 6.86. The zero-order valence-electron chi connectivity index (χ0n) is 17.3. The molecule has 0 atom stereocenters. The number of amides is 1. The summed E-state index contributed by atoms with van der Waals surface area (Å²) in [5.41, 5.74) is 7.22. The van der Waals surface area contributed by atoms with Crippen LogP contribution >= 0.6 is 23.4 Å². The molecule has 0 fully saturated rings. The van der Waals surface area contributed by atoms with E-state index in [0.717, 1.165) is 29.1 Å². The smallest absolute Gasteiger partial charge is 0.263 e. The normalized spacial score (nSPS) is 10.3. The van der Waals surface area contributed by atoms with E-state index in [1.54, 1.807) is 32.3 Å². The number of nitrogens with two attached hydrogens (primary N) is 1. The van der Waals surface area contributed by atoms with Crippen LogP contribution in [0, 0.1) is 0 Å². The maximum atomic E-state index is 12.8. The summed E-state index contributed by atoms with van der Waals surface area (Å²) in [6, 6.07) is 16.0. The number of halogens is 1. The first-order valence-corrected chi connectivity index (χ1v) is 10.6. The summed E-state index contributed by atoms with van der Waals surface area (Å²) in [5.74, 6) is 0.0859. The number of aromatic amines is 2. The van der Waals surface area contributed by atoms with E-state index in [1.165, 1.54) is 11.0 Å². The topological polar surface area (TPSA) is 125 Å². The van der Waals surface area contributed by atoms with Crippen LogP contribution in [0.2, 0.25) is 5.02 Å². The summed E-state index contributed by atoms with van der Waals surface area (Å²) < 4.78 is 0. The van der Waals surface area contributed by atoms with Crippen molar-refractivity contribution in [1.82, 2.24) is 19.9 Å². The number of pyridine rings is 1. The number of hydrogen-bond donors (Lipinski definition) is 3. The molecule has 0 bridgehead atoms. The van der Waals surface area contributed by atoms with E-state index in [4.69, 9.17) is 17.3 Å². The van der Waals surface area contributed by atoms with Gasteiger partial charge in [-0.3, -0.25) is 14.4 Å². The van der Waals surface area contributed by atoms with E-state index in [1.807, 2.05) is 30.3 Å². The van der Waals surface area contributed by atoms with Gasteiger partial charge in [0.15, 0.2) is 5.16 Å². The molecule has 32 heavy (non-hydrogen) atoms. The molecule has 0 saturated carbocycles. The van der Waals surface area contributed by atoms with Crippen LogP contribution in [0.4, 0.5) is 5.82 Å². The Balaban J connectivity index is 0.000000523. The molecule has 1 amide bonds. The lowest BCUT2D eigenvalue weighted by Crippen LogP contribution is -2.13. The fourth-order valence-electron chi connectivity index (χ4n) is 2.83. The second kappa shape index (κ2) is 10.2. The molecule has 0 aliphatic carbocycles. The van der Waals surface area contributed by atoms with Gasteiger partial charge in [0.05, 0.1) is 4.90 Å². The largest absolute Gasteiger partial charge is 0.383 e. The molecule has 0 aliphatic rings. The van der Waals surface area contributed by atoms with Gasteiger partial charge < -0.3 is 20.6 Å². The molecular formula is C22H20ClN5O3S. The quantitative estimate of drug-likeness (QED) is 0.311. The van der Waals surface area contributed by atoms with Gasteiger partial charge in [0, 0.05) is 41.7 Å². The Bertz CT molecular complexity index is 1370. The van der Waals surface area contributed by atoms with Crippen molar-refractivity contribution in [3.63, 3.8) is 0 Å². The number of aromatic nitrogens is 3. The predicted molar refractivity (Wildman–Crippen MR) is 128 cm³/mol. The number of rotatable bonds is 4. The van der Waals surface area contributed by atoms with E-state index < -0.39 is 0 Å². The maximum Gasteiger partial charge on any atom is 0.263 e. The molecule has 0 radical (unpaired) electrons. The van der Waals surface area contributed by atoms with Crippen LogP contribution in [0.3, 0.4) is 0 Å². The van der Waals surface area contributed by atoms with Crippen LogP contribution < -0.4 is 16.9 Å². The van der Waals surface area contributed by atoms with Gasteiger partial charge in [-0.15, -0.1) is 0 Å². The summed E-state index contributed by atoms with van der Waals surface area (Å²) in [6.45, 7) is 0. The van der Waals surface area contributed by atoms with Crippen molar-refractivity contribution in [3.05, 3.63) is 80.3 Å². The van der Waals surface area contributed by atoms with E-state index in [2.05, 4.69) is 15.0 Å². The van der Waals surface area contributed by atoms with Crippen molar-refractivity contribution in [2.45, 2.75) is 10.1 Å². The van der Waals surface area contributed by atoms with Gasteiger partial charge in [-0.25, -0.2) is 4.98 Å². The highest BCUT2D eigenvalue weighted by atomic mass is 35.5. The highest BCUT2D eigenvalue weighted by molar-refractivity contribution is 7.99. The SMILES string of the molecule is CN(C)C=O.Nc1cc(=O)[nH]c(Sc2c(-c3ccccc3)c3cc(Cl)ccc3[nH]c2=O)n1. The second-order valence-corrected chi connectivity index (χ2v) is 8.30. The Morgan fingerprint density at radius 2 is 1.75 bits per heavy atom. The van der Waals surface area contributed by atoms with Crippen LogP contribution in [0.5, 0.6) is 0 Å². The van der Waals surface area contributed by atoms with Crippen molar-refractivity contribution in [3.8, 4) is 11.1 Å². The lowest BCUT2D eigenvalue weighted by Gasteiger charge is -2.12. The molecule has 8 nitrogen and oxygen atoms in total. The van der Waals surface area contributed by atoms with Crippen molar-refractivity contribution < 1.29 is 4.79 Å². The van der Waals surface area contributed by atoms with Gasteiger partial charge in [0.2, 0.25) is 6.41 Å². The number of benzene rings is 2. The molecular weight excluding hydrogens is 450 g/mol. The highest BCUT2D eigenvalue weighted by Crippen LogP contribution is 2.37. The molecule has 4 aromatic rings. The van der Waals surface area contributed by atoms with Crippen LogP contribution in [0.25, 0.3) is 22.0 Å². The molecule has 164 valence electrons. The Kier molecular flexibility index (Phi) is 7.34. The Morgan fingerprint density at radius 1 is 1.06 bits per heavy atom. The predicted octanol–water partition coefficient (Wildman–Crippen LogP) is 3.37. The van der Waals surface area contributed by atoms with E-state index in [-0.39, 0.29) is 22.1 Å². The van der Waals surface area contributed by atoms with Gasteiger partial charge in [-0.05, 0) is 35.5 Å². The standard InChI is InChI=1S/C19H13ClN4O2S.C3H7NO/c20-11-6-7-13-12(8-11)16(10-4-2-1-3-5-10)17(18(26)22-13)27-19-23-14(21)9-15(25)24-19;1-4(2)3-5/h1-9H,(H,22,26)(H3,21,23,24,25);3H,1-2H3. The summed E-state index contributed by atoms with van der Waals surface area (Å²) in [7, 11) is 3.38. The monoisotopic (exact) mass is 469 g/mol.